The van der Waals surface area contributed by atoms with Crippen molar-refractivity contribution in [3.8, 4) is 0 Å². The van der Waals surface area contributed by atoms with Crippen molar-refractivity contribution in [2.45, 2.75) is 37.1 Å². The molecule has 1 atom stereocenters. The van der Waals surface area contributed by atoms with E-state index in [0.29, 0.717) is 5.56 Å². The Morgan fingerprint density at radius 2 is 2.09 bits per heavy atom. The van der Waals surface area contributed by atoms with E-state index in [4.69, 9.17) is 5.73 Å². The van der Waals surface area contributed by atoms with Gasteiger partial charge in [-0.2, -0.15) is 0 Å². The summed E-state index contributed by atoms with van der Waals surface area (Å²) >= 11 is 0. The first-order valence-corrected chi connectivity index (χ1v) is 8.65. The highest BCUT2D eigenvalue weighted by molar-refractivity contribution is 7.89. The molecule has 1 aromatic rings. The zero-order chi connectivity index (χ0) is 16.5. The Kier molecular flexibility index (Phi) is 4.60. The van der Waals surface area contributed by atoms with Crippen molar-refractivity contribution in [1.29, 1.82) is 0 Å². The number of carbonyl (C=O) groups is 1. The Morgan fingerprint density at radius 1 is 1.45 bits per heavy atom. The van der Waals surface area contributed by atoms with Gasteiger partial charge in [-0.25, -0.2) is 17.9 Å². The van der Waals surface area contributed by atoms with Crippen LogP contribution in [0.3, 0.4) is 0 Å². The normalized spacial score (nSPS) is 17.8. The van der Waals surface area contributed by atoms with E-state index in [1.54, 1.807) is 19.1 Å². The molecule has 0 amide bonds. The van der Waals surface area contributed by atoms with Gasteiger partial charge in [0.25, 0.3) is 0 Å². The lowest BCUT2D eigenvalue weighted by Crippen LogP contribution is -2.53. The maximum absolute atomic E-state index is 12.7. The molecule has 0 aromatic heterocycles. The van der Waals surface area contributed by atoms with Gasteiger partial charge in [-0.15, -0.1) is 0 Å². The SMILES string of the molecule is COC(=O)c1ccc(C)c(S(=O)(=O)NC(C)(CN)C2CC2)c1. The molecule has 122 valence electrons. The first-order chi connectivity index (χ1) is 10.2. The highest BCUT2D eigenvalue weighted by Gasteiger charge is 2.43. The van der Waals surface area contributed by atoms with Gasteiger partial charge in [0, 0.05) is 12.1 Å². The van der Waals surface area contributed by atoms with Crippen LogP contribution in [0.4, 0.5) is 0 Å². The number of nitrogens with one attached hydrogen (secondary N) is 1. The molecular weight excluding hydrogens is 304 g/mol. The Morgan fingerprint density at radius 3 is 2.59 bits per heavy atom. The Bertz CT molecular complexity index is 683. The van der Waals surface area contributed by atoms with Crippen LogP contribution in [0, 0.1) is 12.8 Å². The third-order valence-corrected chi connectivity index (χ3v) is 5.92. The van der Waals surface area contributed by atoms with Gasteiger partial charge in [-0.1, -0.05) is 6.07 Å². The van der Waals surface area contributed by atoms with Crippen LogP contribution in [-0.2, 0) is 14.8 Å². The lowest BCUT2D eigenvalue weighted by molar-refractivity contribution is 0.0600. The molecule has 1 saturated carbocycles. The number of aryl methyl sites for hydroxylation is 1. The van der Waals surface area contributed by atoms with Gasteiger partial charge in [0.05, 0.1) is 17.6 Å². The molecule has 7 heteroatoms. The minimum atomic E-state index is -3.77. The maximum Gasteiger partial charge on any atom is 0.337 e. The summed E-state index contributed by atoms with van der Waals surface area (Å²) in [5.41, 5.74) is 5.88. The van der Waals surface area contributed by atoms with E-state index in [1.165, 1.54) is 13.2 Å². The van der Waals surface area contributed by atoms with Gasteiger partial charge in [0.15, 0.2) is 0 Å². The summed E-state index contributed by atoms with van der Waals surface area (Å²) in [4.78, 5) is 11.7. The predicted molar refractivity (Wildman–Crippen MR) is 83.0 cm³/mol. The fourth-order valence-corrected chi connectivity index (χ4v) is 4.26. The van der Waals surface area contributed by atoms with Crippen molar-refractivity contribution in [3.63, 3.8) is 0 Å². The quantitative estimate of drug-likeness (QED) is 0.765. The van der Waals surface area contributed by atoms with Gasteiger partial charge >= 0.3 is 5.97 Å². The number of esters is 1. The molecule has 22 heavy (non-hydrogen) atoms. The largest absolute Gasteiger partial charge is 0.465 e. The zero-order valence-corrected chi connectivity index (χ0v) is 13.9. The van der Waals surface area contributed by atoms with Crippen LogP contribution >= 0.6 is 0 Å². The van der Waals surface area contributed by atoms with E-state index in [1.807, 2.05) is 6.92 Å². The van der Waals surface area contributed by atoms with Crippen LogP contribution in [0.5, 0.6) is 0 Å². The van der Waals surface area contributed by atoms with Crippen molar-refractivity contribution in [3.05, 3.63) is 29.3 Å². The van der Waals surface area contributed by atoms with Crippen LogP contribution in [0.2, 0.25) is 0 Å². The first kappa shape index (κ1) is 16.9. The number of nitrogens with two attached hydrogens (primary N) is 1. The summed E-state index contributed by atoms with van der Waals surface area (Å²) in [5, 5.41) is 0. The Balaban J connectivity index is 2.38. The molecule has 6 nitrogen and oxygen atoms in total. The fraction of sp³-hybridized carbons (Fsp3) is 0.533. The summed E-state index contributed by atoms with van der Waals surface area (Å²) < 4.78 is 32.8. The number of ether oxygens (including phenoxy) is 1. The van der Waals surface area contributed by atoms with E-state index in [2.05, 4.69) is 9.46 Å². The second kappa shape index (κ2) is 5.98. The van der Waals surface area contributed by atoms with Crippen molar-refractivity contribution >= 4 is 16.0 Å². The van der Waals surface area contributed by atoms with Crippen LogP contribution in [0.25, 0.3) is 0 Å². The highest BCUT2D eigenvalue weighted by Crippen LogP contribution is 2.39. The number of carbonyl (C=O) groups excluding carboxylic acids is 1. The first-order valence-electron chi connectivity index (χ1n) is 7.16. The van der Waals surface area contributed by atoms with Crippen LogP contribution in [0.1, 0.15) is 35.7 Å². The molecule has 0 bridgehead atoms. The molecular formula is C15H22N2O4S. The zero-order valence-electron chi connectivity index (χ0n) is 13.0. The van der Waals surface area contributed by atoms with Crippen LogP contribution < -0.4 is 10.5 Å². The molecule has 2 rings (SSSR count). The minimum Gasteiger partial charge on any atom is -0.465 e. The average Bonchev–Trinajstić information content (AvgIpc) is 3.31. The number of rotatable bonds is 6. The molecule has 0 spiro atoms. The topological polar surface area (TPSA) is 98.5 Å². The average molecular weight is 326 g/mol. The predicted octanol–water partition coefficient (Wildman–Crippen LogP) is 1.19. The molecule has 0 radical (unpaired) electrons. The Labute approximate surface area is 131 Å². The standard InChI is InChI=1S/C15H22N2O4S/c1-10-4-5-11(14(18)21-3)8-13(10)22(19,20)17-15(2,9-16)12-6-7-12/h4-5,8,12,17H,6-7,9,16H2,1-3H3. The van der Waals surface area contributed by atoms with E-state index in [-0.39, 0.29) is 22.9 Å². The number of methoxy groups -OCH3 is 1. The number of hydrogen-bond acceptors (Lipinski definition) is 5. The van der Waals surface area contributed by atoms with Gasteiger partial charge in [0.1, 0.15) is 0 Å². The molecule has 1 aliphatic carbocycles. The lowest BCUT2D eigenvalue weighted by atomic mass is 9.98. The van der Waals surface area contributed by atoms with Crippen molar-refractivity contribution in [2.75, 3.05) is 13.7 Å². The molecule has 1 unspecified atom stereocenters. The summed E-state index contributed by atoms with van der Waals surface area (Å²) in [6.45, 7) is 3.74. The number of benzene rings is 1. The minimum absolute atomic E-state index is 0.0794. The summed E-state index contributed by atoms with van der Waals surface area (Å²) in [6, 6.07) is 4.48. The van der Waals surface area contributed by atoms with Gasteiger partial charge in [-0.3, -0.25) is 0 Å². The van der Waals surface area contributed by atoms with Crippen LogP contribution in [0.15, 0.2) is 23.1 Å². The molecule has 0 saturated heterocycles. The van der Waals surface area contributed by atoms with E-state index in [9.17, 15) is 13.2 Å². The Hall–Kier alpha value is -1.44. The molecule has 1 aliphatic rings. The second-order valence-electron chi connectivity index (χ2n) is 5.97. The van der Waals surface area contributed by atoms with E-state index >= 15 is 0 Å². The monoisotopic (exact) mass is 326 g/mol. The number of sulfonamides is 1. The number of hydrogen-bond donors (Lipinski definition) is 2. The molecule has 1 fully saturated rings. The van der Waals surface area contributed by atoms with Crippen molar-refractivity contribution < 1.29 is 17.9 Å². The highest BCUT2D eigenvalue weighted by atomic mass is 32.2. The maximum atomic E-state index is 12.7. The molecule has 3 N–H and O–H groups in total. The molecule has 1 aromatic carbocycles. The smallest absolute Gasteiger partial charge is 0.337 e. The third-order valence-electron chi connectivity index (χ3n) is 4.17. The van der Waals surface area contributed by atoms with Gasteiger partial charge < -0.3 is 10.5 Å². The summed E-state index contributed by atoms with van der Waals surface area (Å²) in [6.07, 6.45) is 1.94. The van der Waals surface area contributed by atoms with E-state index < -0.39 is 21.5 Å². The third kappa shape index (κ3) is 3.31. The molecule has 0 heterocycles. The summed E-state index contributed by atoms with van der Waals surface area (Å²) in [5.74, 6) is -0.309. The van der Waals surface area contributed by atoms with E-state index in [0.717, 1.165) is 12.8 Å². The van der Waals surface area contributed by atoms with Gasteiger partial charge in [0.2, 0.25) is 10.0 Å². The fourth-order valence-electron chi connectivity index (χ4n) is 2.51. The van der Waals surface area contributed by atoms with Crippen LogP contribution in [-0.4, -0.2) is 33.6 Å². The summed E-state index contributed by atoms with van der Waals surface area (Å²) in [7, 11) is -2.51. The molecule has 0 aliphatic heterocycles. The van der Waals surface area contributed by atoms with Gasteiger partial charge in [-0.05, 0) is 50.3 Å². The van der Waals surface area contributed by atoms with Crippen molar-refractivity contribution in [2.24, 2.45) is 11.7 Å². The van der Waals surface area contributed by atoms with Crippen molar-refractivity contribution in [1.82, 2.24) is 4.72 Å². The second-order valence-corrected chi connectivity index (χ2v) is 7.62. The lowest BCUT2D eigenvalue weighted by Gasteiger charge is -2.29.